The summed E-state index contributed by atoms with van der Waals surface area (Å²) in [5, 5.41) is 3.28. The van der Waals surface area contributed by atoms with Crippen molar-refractivity contribution in [3.8, 4) is 0 Å². The first-order valence-electron chi connectivity index (χ1n) is 7.55. The zero-order valence-electron chi connectivity index (χ0n) is 12.5. The third-order valence-electron chi connectivity index (χ3n) is 4.92. The van der Waals surface area contributed by atoms with Gasteiger partial charge in [0.15, 0.2) is 0 Å². The average Bonchev–Trinajstić information content (AvgIpc) is 2.38. The van der Waals surface area contributed by atoms with Crippen molar-refractivity contribution in [2.75, 3.05) is 0 Å². The molecule has 1 aliphatic carbocycles. The van der Waals surface area contributed by atoms with Crippen molar-refractivity contribution >= 4 is 5.91 Å². The smallest absolute Gasteiger partial charge is 0.225 e. The number of amides is 1. The summed E-state index contributed by atoms with van der Waals surface area (Å²) < 4.78 is 0. The highest BCUT2D eigenvalue weighted by Crippen LogP contribution is 2.29. The largest absolute Gasteiger partial charge is 0.350 e. The van der Waals surface area contributed by atoms with E-state index in [0.29, 0.717) is 5.92 Å². The van der Waals surface area contributed by atoms with Crippen LogP contribution in [0.3, 0.4) is 0 Å². The lowest BCUT2D eigenvalue weighted by Crippen LogP contribution is -2.53. The second-order valence-corrected chi connectivity index (χ2v) is 6.02. The van der Waals surface area contributed by atoms with Crippen molar-refractivity contribution < 1.29 is 4.79 Å². The molecule has 3 unspecified atom stereocenters. The maximum atomic E-state index is 12.5. The molecule has 3 atom stereocenters. The van der Waals surface area contributed by atoms with Crippen LogP contribution in [0, 0.1) is 11.8 Å². The van der Waals surface area contributed by atoms with Crippen molar-refractivity contribution in [1.29, 1.82) is 0 Å². The highest BCUT2D eigenvalue weighted by atomic mass is 16.2. The summed E-state index contributed by atoms with van der Waals surface area (Å²) in [6, 6.07) is 0.0458. The molecule has 1 amide bonds. The molecule has 0 spiro atoms. The third-order valence-corrected chi connectivity index (χ3v) is 4.92. The van der Waals surface area contributed by atoms with E-state index in [1.807, 2.05) is 0 Å². The molecule has 1 saturated carbocycles. The molecule has 0 aromatic heterocycles. The van der Waals surface area contributed by atoms with Crippen molar-refractivity contribution in [2.45, 2.75) is 77.8 Å². The van der Waals surface area contributed by atoms with Crippen LogP contribution in [0.2, 0.25) is 0 Å². The highest BCUT2D eigenvalue weighted by molar-refractivity contribution is 5.80. The normalized spacial score (nSPS) is 29.1. The molecule has 0 heterocycles. The molecule has 0 bridgehead atoms. The predicted molar refractivity (Wildman–Crippen MR) is 76.2 cm³/mol. The van der Waals surface area contributed by atoms with Crippen LogP contribution in [0.1, 0.15) is 66.2 Å². The topological polar surface area (TPSA) is 55.1 Å². The van der Waals surface area contributed by atoms with Crippen LogP contribution < -0.4 is 11.1 Å². The Bertz CT molecular complexity index is 265. The summed E-state index contributed by atoms with van der Waals surface area (Å²) in [6.07, 6.45) is 6.05. The van der Waals surface area contributed by atoms with Crippen LogP contribution >= 0.6 is 0 Å². The van der Waals surface area contributed by atoms with Gasteiger partial charge in [-0.05, 0) is 44.4 Å². The summed E-state index contributed by atoms with van der Waals surface area (Å²) in [5.41, 5.74) is 6.09. The van der Waals surface area contributed by atoms with E-state index in [9.17, 15) is 4.79 Å². The maximum Gasteiger partial charge on any atom is 0.225 e. The summed E-state index contributed by atoms with van der Waals surface area (Å²) in [6.45, 7) is 8.67. The minimum absolute atomic E-state index is 0.0118. The Morgan fingerprint density at radius 1 is 1.22 bits per heavy atom. The molecule has 3 N–H and O–H groups in total. The molecule has 0 aromatic rings. The Balaban J connectivity index is 2.68. The lowest BCUT2D eigenvalue weighted by molar-refractivity contribution is -0.129. The fraction of sp³-hybridized carbons (Fsp3) is 0.933. The monoisotopic (exact) mass is 254 g/mol. The molecule has 106 valence electrons. The van der Waals surface area contributed by atoms with Gasteiger partial charge in [0.2, 0.25) is 5.91 Å². The summed E-state index contributed by atoms with van der Waals surface area (Å²) in [5.74, 6) is 0.817. The van der Waals surface area contributed by atoms with E-state index >= 15 is 0 Å². The lowest BCUT2D eigenvalue weighted by atomic mass is 9.78. The van der Waals surface area contributed by atoms with Gasteiger partial charge in [-0.2, -0.15) is 0 Å². The van der Waals surface area contributed by atoms with Crippen LogP contribution in [0.4, 0.5) is 0 Å². The van der Waals surface area contributed by atoms with Crippen LogP contribution in [0.15, 0.2) is 0 Å². The zero-order chi connectivity index (χ0) is 13.8. The van der Waals surface area contributed by atoms with Gasteiger partial charge in [0, 0.05) is 11.6 Å². The van der Waals surface area contributed by atoms with E-state index in [-0.39, 0.29) is 23.4 Å². The second-order valence-electron chi connectivity index (χ2n) is 6.02. The molecule has 0 radical (unpaired) electrons. The third kappa shape index (κ3) is 3.47. The number of nitrogens with two attached hydrogens (primary N) is 1. The first-order chi connectivity index (χ1) is 8.48. The van der Waals surface area contributed by atoms with Crippen LogP contribution in [0.25, 0.3) is 0 Å². The number of hydrogen-bond acceptors (Lipinski definition) is 2. The molecule has 3 heteroatoms. The standard InChI is InChI=1S/C15H30N2O/c1-5-15(6-2,7-3)17-14(18)12-10-11(4)8-9-13(12)16/h11-13H,5-10,16H2,1-4H3,(H,17,18). The predicted octanol–water partition coefficient (Wildman–Crippen LogP) is 2.83. The Labute approximate surface area is 112 Å². The number of rotatable bonds is 5. The number of nitrogens with one attached hydrogen (secondary N) is 1. The van der Waals surface area contributed by atoms with E-state index in [0.717, 1.165) is 38.5 Å². The van der Waals surface area contributed by atoms with Gasteiger partial charge in [-0.3, -0.25) is 4.79 Å². The molecule has 3 nitrogen and oxygen atoms in total. The van der Waals surface area contributed by atoms with Crippen LogP contribution in [-0.4, -0.2) is 17.5 Å². The Kier molecular flexibility index (Phi) is 5.64. The molecule has 1 fully saturated rings. The van der Waals surface area contributed by atoms with Gasteiger partial charge in [0.05, 0.1) is 5.92 Å². The molecule has 1 aliphatic rings. The Hall–Kier alpha value is -0.570. The summed E-state index contributed by atoms with van der Waals surface area (Å²) in [7, 11) is 0. The molecule has 1 rings (SSSR count). The van der Waals surface area contributed by atoms with E-state index in [2.05, 4.69) is 33.0 Å². The van der Waals surface area contributed by atoms with Gasteiger partial charge >= 0.3 is 0 Å². The molecular weight excluding hydrogens is 224 g/mol. The van der Waals surface area contributed by atoms with Crippen molar-refractivity contribution in [2.24, 2.45) is 17.6 Å². The van der Waals surface area contributed by atoms with Gasteiger partial charge < -0.3 is 11.1 Å². The minimum Gasteiger partial charge on any atom is -0.350 e. The maximum absolute atomic E-state index is 12.5. The number of carbonyl (C=O) groups is 1. The summed E-state index contributed by atoms with van der Waals surface area (Å²) >= 11 is 0. The molecule has 0 saturated heterocycles. The van der Waals surface area contributed by atoms with Crippen molar-refractivity contribution in [3.05, 3.63) is 0 Å². The first kappa shape index (κ1) is 15.5. The van der Waals surface area contributed by atoms with E-state index in [4.69, 9.17) is 5.73 Å². The zero-order valence-corrected chi connectivity index (χ0v) is 12.5. The van der Waals surface area contributed by atoms with Crippen LogP contribution in [-0.2, 0) is 4.79 Å². The minimum atomic E-state index is -0.0303. The van der Waals surface area contributed by atoms with Crippen molar-refractivity contribution in [1.82, 2.24) is 5.32 Å². The molecule has 0 aliphatic heterocycles. The SMILES string of the molecule is CCC(CC)(CC)NC(=O)C1CC(C)CCC1N. The van der Waals surface area contributed by atoms with E-state index < -0.39 is 0 Å². The molecular formula is C15H30N2O. The van der Waals surface area contributed by atoms with Gasteiger partial charge in [0.1, 0.15) is 0 Å². The van der Waals surface area contributed by atoms with E-state index in [1.165, 1.54) is 0 Å². The average molecular weight is 254 g/mol. The highest BCUT2D eigenvalue weighted by Gasteiger charge is 2.35. The van der Waals surface area contributed by atoms with Gasteiger partial charge in [0.25, 0.3) is 0 Å². The Morgan fingerprint density at radius 3 is 2.28 bits per heavy atom. The van der Waals surface area contributed by atoms with E-state index in [1.54, 1.807) is 0 Å². The Morgan fingerprint density at radius 2 is 1.78 bits per heavy atom. The first-order valence-corrected chi connectivity index (χ1v) is 7.55. The fourth-order valence-corrected chi connectivity index (χ4v) is 3.07. The quantitative estimate of drug-likeness (QED) is 0.792. The van der Waals surface area contributed by atoms with Gasteiger partial charge in [-0.1, -0.05) is 27.7 Å². The second kappa shape index (κ2) is 6.55. The molecule has 18 heavy (non-hydrogen) atoms. The van der Waals surface area contributed by atoms with Crippen molar-refractivity contribution in [3.63, 3.8) is 0 Å². The molecule has 0 aromatic carbocycles. The van der Waals surface area contributed by atoms with Gasteiger partial charge in [-0.25, -0.2) is 0 Å². The summed E-state index contributed by atoms with van der Waals surface area (Å²) in [4.78, 5) is 12.5. The fourth-order valence-electron chi connectivity index (χ4n) is 3.07. The van der Waals surface area contributed by atoms with Crippen LogP contribution in [0.5, 0.6) is 0 Å². The lowest BCUT2D eigenvalue weighted by Gasteiger charge is -2.37. The number of carbonyl (C=O) groups excluding carboxylic acids is 1. The van der Waals surface area contributed by atoms with Gasteiger partial charge in [-0.15, -0.1) is 0 Å². The number of hydrogen-bond donors (Lipinski definition) is 2.